The highest BCUT2D eigenvalue weighted by Gasteiger charge is 2.27. The lowest BCUT2D eigenvalue weighted by molar-refractivity contribution is -0.123. The number of likely N-dealkylation sites (tertiary alicyclic amines) is 1. The van der Waals surface area contributed by atoms with E-state index in [2.05, 4.69) is 17.1 Å². The average Bonchev–Trinajstić information content (AvgIpc) is 3.09. The van der Waals surface area contributed by atoms with Crippen LogP contribution in [0.4, 0.5) is 0 Å². The molecule has 1 aliphatic heterocycles. The van der Waals surface area contributed by atoms with E-state index in [-0.39, 0.29) is 18.6 Å². The Labute approximate surface area is 165 Å². The molecule has 146 valence electrons. The molecule has 2 heterocycles. The normalized spacial score (nSPS) is 16.9. The zero-order valence-electron chi connectivity index (χ0n) is 15.9. The average molecular weight is 391 g/mol. The minimum Gasteiger partial charge on any atom is -0.484 e. The summed E-state index contributed by atoms with van der Waals surface area (Å²) in [5.41, 5.74) is 0. The predicted molar refractivity (Wildman–Crippen MR) is 106 cm³/mol. The SMILES string of the molecule is Cc1ccc([C@@H](CNC(=O)COc2ccc(Cl)cc2)N2CCC(C)CC2)o1. The van der Waals surface area contributed by atoms with Gasteiger partial charge in [-0.15, -0.1) is 0 Å². The van der Waals surface area contributed by atoms with Crippen LogP contribution in [0.1, 0.15) is 37.3 Å². The van der Waals surface area contributed by atoms with Gasteiger partial charge in [0.25, 0.3) is 5.91 Å². The van der Waals surface area contributed by atoms with Gasteiger partial charge in [0.2, 0.25) is 0 Å². The summed E-state index contributed by atoms with van der Waals surface area (Å²) in [5.74, 6) is 3.02. The number of piperidine rings is 1. The van der Waals surface area contributed by atoms with Crippen molar-refractivity contribution in [1.29, 1.82) is 0 Å². The van der Waals surface area contributed by atoms with E-state index in [4.69, 9.17) is 20.8 Å². The smallest absolute Gasteiger partial charge is 0.258 e. The van der Waals surface area contributed by atoms with Crippen LogP contribution in [0.15, 0.2) is 40.8 Å². The van der Waals surface area contributed by atoms with E-state index in [1.165, 1.54) is 12.8 Å². The number of nitrogens with one attached hydrogen (secondary N) is 1. The van der Waals surface area contributed by atoms with Crippen molar-refractivity contribution in [1.82, 2.24) is 10.2 Å². The van der Waals surface area contributed by atoms with E-state index in [0.29, 0.717) is 17.3 Å². The van der Waals surface area contributed by atoms with Crippen LogP contribution in [-0.4, -0.2) is 37.0 Å². The lowest BCUT2D eigenvalue weighted by Gasteiger charge is -2.35. The van der Waals surface area contributed by atoms with Gasteiger partial charge >= 0.3 is 0 Å². The van der Waals surface area contributed by atoms with Gasteiger partial charge in [-0.2, -0.15) is 0 Å². The Kier molecular flexibility index (Phi) is 6.80. The number of amides is 1. The molecule has 0 radical (unpaired) electrons. The van der Waals surface area contributed by atoms with Crippen LogP contribution in [0.25, 0.3) is 0 Å². The van der Waals surface area contributed by atoms with Crippen molar-refractivity contribution >= 4 is 17.5 Å². The van der Waals surface area contributed by atoms with Crippen LogP contribution in [0, 0.1) is 12.8 Å². The van der Waals surface area contributed by atoms with Crippen LogP contribution in [-0.2, 0) is 4.79 Å². The highest BCUT2D eigenvalue weighted by atomic mass is 35.5. The van der Waals surface area contributed by atoms with Crippen molar-refractivity contribution in [2.24, 2.45) is 5.92 Å². The molecule has 1 fully saturated rings. The van der Waals surface area contributed by atoms with Crippen molar-refractivity contribution in [2.75, 3.05) is 26.2 Å². The van der Waals surface area contributed by atoms with Crippen molar-refractivity contribution in [3.63, 3.8) is 0 Å². The summed E-state index contributed by atoms with van der Waals surface area (Å²) in [5, 5.41) is 3.63. The van der Waals surface area contributed by atoms with E-state index >= 15 is 0 Å². The molecule has 1 aliphatic rings. The maximum atomic E-state index is 12.2. The first kappa shape index (κ1) is 19.8. The molecule has 0 unspecified atom stereocenters. The molecule has 1 aromatic heterocycles. The third-order valence-electron chi connectivity index (χ3n) is 5.02. The molecule has 27 heavy (non-hydrogen) atoms. The Morgan fingerprint density at radius 1 is 1.26 bits per heavy atom. The zero-order valence-corrected chi connectivity index (χ0v) is 16.7. The molecule has 2 aromatic rings. The van der Waals surface area contributed by atoms with Gasteiger partial charge in [-0.1, -0.05) is 18.5 Å². The highest BCUT2D eigenvalue weighted by molar-refractivity contribution is 6.30. The summed E-state index contributed by atoms with van der Waals surface area (Å²) in [4.78, 5) is 14.6. The van der Waals surface area contributed by atoms with Gasteiger partial charge in [-0.3, -0.25) is 9.69 Å². The molecule has 6 heteroatoms. The number of ether oxygens (including phenoxy) is 1. The second-order valence-corrected chi connectivity index (χ2v) is 7.67. The summed E-state index contributed by atoms with van der Waals surface area (Å²) in [6.45, 7) is 6.74. The Morgan fingerprint density at radius 3 is 2.59 bits per heavy atom. The second-order valence-electron chi connectivity index (χ2n) is 7.23. The first-order chi connectivity index (χ1) is 13.0. The van der Waals surface area contributed by atoms with Crippen molar-refractivity contribution in [2.45, 2.75) is 32.7 Å². The van der Waals surface area contributed by atoms with E-state index < -0.39 is 0 Å². The standard InChI is InChI=1S/C21H27ClN2O3/c1-15-9-11-24(12-10-15)19(20-8-3-16(2)27-20)13-23-21(25)14-26-18-6-4-17(22)5-7-18/h3-8,15,19H,9-14H2,1-2H3,(H,23,25)/t19-/m1/s1. The van der Waals surface area contributed by atoms with Crippen LogP contribution in [0.3, 0.4) is 0 Å². The summed E-state index contributed by atoms with van der Waals surface area (Å²) in [6, 6.07) is 11.0. The highest BCUT2D eigenvalue weighted by Crippen LogP contribution is 2.27. The first-order valence-corrected chi connectivity index (χ1v) is 9.84. The van der Waals surface area contributed by atoms with E-state index in [0.717, 1.165) is 30.5 Å². The molecule has 1 saturated heterocycles. The molecule has 0 spiro atoms. The number of benzene rings is 1. The summed E-state index contributed by atoms with van der Waals surface area (Å²) in [7, 11) is 0. The van der Waals surface area contributed by atoms with Gasteiger partial charge in [-0.25, -0.2) is 0 Å². The van der Waals surface area contributed by atoms with Crippen molar-refractivity contribution in [3.05, 3.63) is 52.9 Å². The molecule has 0 bridgehead atoms. The van der Waals surface area contributed by atoms with Crippen LogP contribution >= 0.6 is 11.6 Å². The molecule has 1 amide bonds. The lowest BCUT2D eigenvalue weighted by Crippen LogP contribution is -2.42. The fraction of sp³-hybridized carbons (Fsp3) is 0.476. The van der Waals surface area contributed by atoms with Crippen LogP contribution in [0.5, 0.6) is 5.75 Å². The first-order valence-electron chi connectivity index (χ1n) is 9.46. The van der Waals surface area contributed by atoms with Gasteiger partial charge in [0.1, 0.15) is 17.3 Å². The van der Waals surface area contributed by atoms with Gasteiger partial charge in [0, 0.05) is 11.6 Å². The third kappa shape index (κ3) is 5.75. The molecule has 1 aromatic carbocycles. The number of aryl methyl sites for hydroxylation is 1. The summed E-state index contributed by atoms with van der Waals surface area (Å²) < 4.78 is 11.4. The maximum Gasteiger partial charge on any atom is 0.258 e. The van der Waals surface area contributed by atoms with Gasteiger partial charge < -0.3 is 14.5 Å². The fourth-order valence-corrected chi connectivity index (χ4v) is 3.45. The second kappa shape index (κ2) is 9.29. The van der Waals surface area contributed by atoms with Crippen LogP contribution in [0.2, 0.25) is 5.02 Å². The van der Waals surface area contributed by atoms with E-state index in [1.807, 2.05) is 19.1 Å². The monoisotopic (exact) mass is 390 g/mol. The Morgan fingerprint density at radius 2 is 1.96 bits per heavy atom. The summed E-state index contributed by atoms with van der Waals surface area (Å²) >= 11 is 5.85. The third-order valence-corrected chi connectivity index (χ3v) is 5.28. The molecule has 5 nitrogen and oxygen atoms in total. The van der Waals surface area contributed by atoms with E-state index in [1.54, 1.807) is 24.3 Å². The number of nitrogens with zero attached hydrogens (tertiary/aromatic N) is 1. The molecule has 1 atom stereocenters. The van der Waals surface area contributed by atoms with Gasteiger partial charge in [0.15, 0.2) is 6.61 Å². The molecule has 0 aliphatic carbocycles. The molecule has 0 saturated carbocycles. The number of carbonyl (C=O) groups is 1. The van der Waals surface area contributed by atoms with Crippen molar-refractivity contribution in [3.8, 4) is 5.75 Å². The number of rotatable bonds is 7. The molecular weight excluding hydrogens is 364 g/mol. The van der Waals surface area contributed by atoms with Gasteiger partial charge in [0.05, 0.1) is 6.04 Å². The minimum absolute atomic E-state index is 0.0252. The fourth-order valence-electron chi connectivity index (χ4n) is 3.32. The Bertz CT molecular complexity index is 736. The van der Waals surface area contributed by atoms with E-state index in [9.17, 15) is 4.79 Å². The van der Waals surface area contributed by atoms with Crippen LogP contribution < -0.4 is 10.1 Å². The molecular formula is C21H27ClN2O3. The minimum atomic E-state index is -0.149. The predicted octanol–water partition coefficient (Wildman–Crippen LogP) is 4.21. The lowest BCUT2D eigenvalue weighted by atomic mass is 9.97. The topological polar surface area (TPSA) is 54.7 Å². The van der Waals surface area contributed by atoms with Gasteiger partial charge in [-0.05, 0) is 75.2 Å². The molecule has 3 rings (SSSR count). The van der Waals surface area contributed by atoms with Crippen molar-refractivity contribution < 1.29 is 13.9 Å². The largest absolute Gasteiger partial charge is 0.484 e. The summed E-state index contributed by atoms with van der Waals surface area (Å²) in [6.07, 6.45) is 2.34. The number of furan rings is 1. The quantitative estimate of drug-likeness (QED) is 0.769. The number of carbonyl (C=O) groups excluding carboxylic acids is 1. The Balaban J connectivity index is 1.55. The number of hydrogen-bond donors (Lipinski definition) is 1. The maximum absolute atomic E-state index is 12.2. The zero-order chi connectivity index (χ0) is 19.2. The Hall–Kier alpha value is -1.98. The number of halogens is 1. The molecule has 1 N–H and O–H groups in total. The number of hydrogen-bond acceptors (Lipinski definition) is 4.